The summed E-state index contributed by atoms with van der Waals surface area (Å²) in [5.41, 5.74) is 0. The van der Waals surface area contributed by atoms with Gasteiger partial charge in [0.15, 0.2) is 5.16 Å². The molecular weight excluding hydrogens is 282 g/mol. The van der Waals surface area contributed by atoms with E-state index in [-0.39, 0.29) is 11.7 Å². The minimum absolute atomic E-state index is 0.137. The Balaban J connectivity index is 2.16. The van der Waals surface area contributed by atoms with Crippen molar-refractivity contribution in [2.24, 2.45) is 0 Å². The number of thioether (sulfide) groups is 1. The molecule has 0 aliphatic carbocycles. The van der Waals surface area contributed by atoms with Crippen molar-refractivity contribution in [2.75, 3.05) is 24.7 Å². The Morgan fingerprint density at radius 1 is 1.45 bits per heavy atom. The van der Waals surface area contributed by atoms with Crippen LogP contribution in [0.15, 0.2) is 17.8 Å². The molecule has 2 rings (SSSR count). The molecule has 0 fully saturated rings. The van der Waals surface area contributed by atoms with Crippen molar-refractivity contribution in [1.29, 1.82) is 0 Å². The van der Waals surface area contributed by atoms with E-state index in [2.05, 4.69) is 30.4 Å². The lowest BCUT2D eigenvalue weighted by Crippen LogP contribution is -2.10. The molecule has 2 aromatic heterocycles. The maximum absolute atomic E-state index is 11.3. The number of rotatable bonds is 6. The van der Waals surface area contributed by atoms with Crippen LogP contribution < -0.4 is 5.32 Å². The molecule has 0 spiro atoms. The molecule has 0 aliphatic heterocycles. The van der Waals surface area contributed by atoms with E-state index in [1.54, 1.807) is 14.0 Å². The number of ether oxygens (including phenoxy) is 1. The van der Waals surface area contributed by atoms with E-state index in [0.717, 1.165) is 0 Å². The molecule has 0 amide bonds. The van der Waals surface area contributed by atoms with E-state index < -0.39 is 0 Å². The molecule has 9 nitrogen and oxygen atoms in total. The molecule has 0 saturated heterocycles. The van der Waals surface area contributed by atoms with E-state index in [9.17, 15) is 4.79 Å². The van der Waals surface area contributed by atoms with Gasteiger partial charge in [0.25, 0.3) is 5.95 Å². The highest BCUT2D eigenvalue weighted by molar-refractivity contribution is 7.99. The second-order valence-corrected chi connectivity index (χ2v) is 4.37. The van der Waals surface area contributed by atoms with Gasteiger partial charge in [0, 0.05) is 7.05 Å². The Hall–Kier alpha value is -2.23. The Morgan fingerprint density at radius 3 is 2.95 bits per heavy atom. The van der Waals surface area contributed by atoms with Gasteiger partial charge in [-0.25, -0.2) is 4.98 Å². The Labute approximate surface area is 119 Å². The second-order valence-electron chi connectivity index (χ2n) is 3.43. The zero-order valence-corrected chi connectivity index (χ0v) is 11.8. The number of anilines is 1. The molecule has 2 heterocycles. The average molecular weight is 295 g/mol. The standard InChI is InChI=1S/C10H13N7O2S/c1-3-19-7(18)4-20-10-15-8(11-2)14-9(16-10)17-6-12-5-13-17/h5-6H,3-4H2,1-2H3,(H,11,14,15,16). The quantitative estimate of drug-likeness (QED) is 0.588. The van der Waals surface area contributed by atoms with Crippen LogP contribution in [0.2, 0.25) is 0 Å². The van der Waals surface area contributed by atoms with Gasteiger partial charge in [-0.3, -0.25) is 4.79 Å². The fourth-order valence-electron chi connectivity index (χ4n) is 1.26. The van der Waals surface area contributed by atoms with Crippen molar-refractivity contribution in [1.82, 2.24) is 29.7 Å². The predicted molar refractivity (Wildman–Crippen MR) is 71.6 cm³/mol. The third-order valence-electron chi connectivity index (χ3n) is 2.07. The number of esters is 1. The van der Waals surface area contributed by atoms with Crippen LogP contribution in [-0.4, -0.2) is 55.1 Å². The van der Waals surface area contributed by atoms with Crippen LogP contribution >= 0.6 is 11.8 Å². The first-order chi connectivity index (χ1) is 9.72. The minimum atomic E-state index is -0.314. The number of hydrogen-bond acceptors (Lipinski definition) is 9. The number of carbonyl (C=O) groups excluding carboxylic acids is 1. The number of nitrogens with one attached hydrogen (secondary N) is 1. The lowest BCUT2D eigenvalue weighted by atomic mass is 10.8. The van der Waals surface area contributed by atoms with E-state index in [4.69, 9.17) is 4.74 Å². The molecule has 0 aliphatic rings. The van der Waals surface area contributed by atoms with Crippen LogP contribution in [0.5, 0.6) is 0 Å². The topological polar surface area (TPSA) is 108 Å². The number of nitrogens with zero attached hydrogens (tertiary/aromatic N) is 6. The molecule has 106 valence electrons. The molecular formula is C10H13N7O2S. The number of aromatic nitrogens is 6. The lowest BCUT2D eigenvalue weighted by molar-refractivity contribution is -0.139. The highest BCUT2D eigenvalue weighted by Gasteiger charge is 2.11. The molecule has 0 atom stereocenters. The normalized spacial score (nSPS) is 10.3. The van der Waals surface area contributed by atoms with Gasteiger partial charge in [0.05, 0.1) is 12.4 Å². The zero-order chi connectivity index (χ0) is 14.4. The molecule has 1 N–H and O–H groups in total. The van der Waals surface area contributed by atoms with Crippen LogP contribution in [0.3, 0.4) is 0 Å². The maximum Gasteiger partial charge on any atom is 0.316 e. The average Bonchev–Trinajstić information content (AvgIpc) is 2.99. The van der Waals surface area contributed by atoms with E-state index >= 15 is 0 Å². The van der Waals surface area contributed by atoms with E-state index in [1.807, 2.05) is 0 Å². The van der Waals surface area contributed by atoms with E-state index in [0.29, 0.717) is 23.7 Å². The summed E-state index contributed by atoms with van der Waals surface area (Å²) in [7, 11) is 1.69. The van der Waals surface area contributed by atoms with Gasteiger partial charge in [0.2, 0.25) is 5.95 Å². The van der Waals surface area contributed by atoms with Crippen molar-refractivity contribution < 1.29 is 9.53 Å². The van der Waals surface area contributed by atoms with Gasteiger partial charge in [-0.05, 0) is 6.92 Å². The molecule has 0 radical (unpaired) electrons. The highest BCUT2D eigenvalue weighted by Crippen LogP contribution is 2.15. The Bertz CT molecular complexity index is 575. The van der Waals surface area contributed by atoms with Gasteiger partial charge < -0.3 is 10.1 Å². The molecule has 0 unspecified atom stereocenters. The van der Waals surface area contributed by atoms with Crippen LogP contribution in [-0.2, 0) is 9.53 Å². The maximum atomic E-state index is 11.3. The Morgan fingerprint density at radius 2 is 2.30 bits per heavy atom. The first kappa shape index (κ1) is 14.2. The first-order valence-corrected chi connectivity index (χ1v) is 6.78. The van der Waals surface area contributed by atoms with Crippen LogP contribution in [0.25, 0.3) is 5.95 Å². The van der Waals surface area contributed by atoms with E-state index in [1.165, 1.54) is 29.1 Å². The summed E-state index contributed by atoms with van der Waals surface area (Å²) in [5.74, 6) is 0.536. The summed E-state index contributed by atoms with van der Waals surface area (Å²) in [6.45, 7) is 2.11. The summed E-state index contributed by atoms with van der Waals surface area (Å²) in [5, 5.41) is 7.19. The molecule has 0 saturated carbocycles. The molecule has 2 aromatic rings. The number of hydrogen-bond donors (Lipinski definition) is 1. The van der Waals surface area contributed by atoms with Crippen LogP contribution in [0.4, 0.5) is 5.95 Å². The molecule has 0 bridgehead atoms. The van der Waals surface area contributed by atoms with Crippen molar-refractivity contribution >= 4 is 23.7 Å². The summed E-state index contributed by atoms with van der Waals surface area (Å²) in [6.07, 6.45) is 2.86. The third-order valence-corrected chi connectivity index (χ3v) is 2.90. The second kappa shape index (κ2) is 6.80. The number of carbonyl (C=O) groups is 1. The van der Waals surface area contributed by atoms with Crippen molar-refractivity contribution in [3.05, 3.63) is 12.7 Å². The monoisotopic (exact) mass is 295 g/mol. The molecule has 20 heavy (non-hydrogen) atoms. The summed E-state index contributed by atoms with van der Waals surface area (Å²) in [4.78, 5) is 27.7. The van der Waals surface area contributed by atoms with Gasteiger partial charge in [-0.2, -0.15) is 24.7 Å². The van der Waals surface area contributed by atoms with Gasteiger partial charge in [-0.1, -0.05) is 11.8 Å². The summed E-state index contributed by atoms with van der Waals surface area (Å²) >= 11 is 1.17. The third kappa shape index (κ3) is 3.63. The van der Waals surface area contributed by atoms with Gasteiger partial charge in [-0.15, -0.1) is 0 Å². The first-order valence-electron chi connectivity index (χ1n) is 5.80. The minimum Gasteiger partial charge on any atom is -0.465 e. The van der Waals surface area contributed by atoms with Crippen LogP contribution in [0.1, 0.15) is 6.92 Å². The largest absolute Gasteiger partial charge is 0.465 e. The van der Waals surface area contributed by atoms with Crippen molar-refractivity contribution in [3.63, 3.8) is 0 Å². The van der Waals surface area contributed by atoms with Crippen LogP contribution in [0, 0.1) is 0 Å². The zero-order valence-electron chi connectivity index (χ0n) is 11.0. The lowest BCUT2D eigenvalue weighted by Gasteiger charge is -2.05. The SMILES string of the molecule is CCOC(=O)CSc1nc(NC)nc(-n2cncn2)n1. The fourth-order valence-corrected chi connectivity index (χ4v) is 1.89. The smallest absolute Gasteiger partial charge is 0.316 e. The predicted octanol–water partition coefficient (Wildman–Crippen LogP) is 0.149. The van der Waals surface area contributed by atoms with Crippen molar-refractivity contribution in [2.45, 2.75) is 12.1 Å². The van der Waals surface area contributed by atoms with Gasteiger partial charge >= 0.3 is 5.97 Å². The molecule has 0 aromatic carbocycles. The highest BCUT2D eigenvalue weighted by atomic mass is 32.2. The summed E-state index contributed by atoms with van der Waals surface area (Å²) < 4.78 is 6.26. The van der Waals surface area contributed by atoms with Gasteiger partial charge in [0.1, 0.15) is 12.7 Å². The summed E-state index contributed by atoms with van der Waals surface area (Å²) in [6, 6.07) is 0. The molecule has 10 heteroatoms. The van der Waals surface area contributed by atoms with Crippen molar-refractivity contribution in [3.8, 4) is 5.95 Å². The Kier molecular flexibility index (Phi) is 4.82. The fraction of sp³-hybridized carbons (Fsp3) is 0.400.